The number of pyridine rings is 1. The highest BCUT2D eigenvalue weighted by molar-refractivity contribution is 5.68. The Morgan fingerprint density at radius 2 is 2.06 bits per heavy atom. The molecule has 2 rings (SSSR count). The minimum Gasteiger partial charge on any atom is -0.496 e. The van der Waals surface area contributed by atoms with Gasteiger partial charge in [0.25, 0.3) is 0 Å². The maximum Gasteiger partial charge on any atom is 0.128 e. The Balaban J connectivity index is 2.50. The Morgan fingerprint density at radius 3 is 2.67 bits per heavy atom. The molecule has 0 radical (unpaired) electrons. The van der Waals surface area contributed by atoms with Gasteiger partial charge in [0.2, 0.25) is 0 Å². The fraction of sp³-hybridized carbons (Fsp3) is 0.267. The third kappa shape index (κ3) is 2.51. The van der Waals surface area contributed by atoms with Crippen molar-refractivity contribution in [1.82, 2.24) is 10.3 Å². The molecule has 0 aliphatic rings. The number of hydrogen-bond acceptors (Lipinski definition) is 3. The second-order valence-electron chi connectivity index (χ2n) is 4.19. The Hall–Kier alpha value is -1.87. The van der Waals surface area contributed by atoms with Crippen LogP contribution >= 0.6 is 0 Å². The fourth-order valence-corrected chi connectivity index (χ4v) is 1.88. The third-order valence-corrected chi connectivity index (χ3v) is 3.10. The van der Waals surface area contributed by atoms with Crippen LogP contribution in [0.5, 0.6) is 5.75 Å². The van der Waals surface area contributed by atoms with Crippen molar-refractivity contribution in [3.05, 3.63) is 48.2 Å². The molecule has 0 fully saturated rings. The molecule has 1 heterocycles. The lowest BCUT2D eigenvalue weighted by Crippen LogP contribution is -2.12. The minimum atomic E-state index is 0.304. The Kier molecular flexibility index (Phi) is 3.95. The molecule has 0 saturated heterocycles. The molecule has 0 aliphatic heterocycles. The molecule has 1 unspecified atom stereocenters. The first-order chi connectivity index (χ1) is 8.76. The maximum atomic E-state index is 5.41. The van der Waals surface area contributed by atoms with Crippen LogP contribution in [0.3, 0.4) is 0 Å². The maximum absolute atomic E-state index is 5.41. The third-order valence-electron chi connectivity index (χ3n) is 3.10. The zero-order valence-corrected chi connectivity index (χ0v) is 11.0. The number of ether oxygens (including phenoxy) is 1. The molecule has 1 N–H and O–H groups in total. The first kappa shape index (κ1) is 12.6. The van der Waals surface area contributed by atoms with E-state index in [2.05, 4.69) is 29.4 Å². The molecular weight excluding hydrogens is 224 g/mol. The van der Waals surface area contributed by atoms with Gasteiger partial charge in [-0.3, -0.25) is 4.98 Å². The van der Waals surface area contributed by atoms with Crippen LogP contribution in [0.15, 0.2) is 42.6 Å². The van der Waals surface area contributed by atoms with Crippen LogP contribution in [0.4, 0.5) is 0 Å². The van der Waals surface area contributed by atoms with Crippen molar-refractivity contribution < 1.29 is 4.74 Å². The van der Waals surface area contributed by atoms with E-state index < -0.39 is 0 Å². The average molecular weight is 242 g/mol. The quantitative estimate of drug-likeness (QED) is 0.894. The minimum absolute atomic E-state index is 0.304. The van der Waals surface area contributed by atoms with E-state index in [1.165, 1.54) is 5.56 Å². The largest absolute Gasteiger partial charge is 0.496 e. The van der Waals surface area contributed by atoms with Crippen molar-refractivity contribution >= 4 is 0 Å². The van der Waals surface area contributed by atoms with Crippen molar-refractivity contribution in [3.8, 4) is 17.0 Å². The van der Waals surface area contributed by atoms with E-state index in [-0.39, 0.29) is 0 Å². The van der Waals surface area contributed by atoms with Gasteiger partial charge in [0, 0.05) is 17.8 Å². The van der Waals surface area contributed by atoms with Gasteiger partial charge >= 0.3 is 0 Å². The predicted molar refractivity (Wildman–Crippen MR) is 73.7 cm³/mol. The van der Waals surface area contributed by atoms with Crippen LogP contribution in [-0.4, -0.2) is 19.1 Å². The van der Waals surface area contributed by atoms with Crippen LogP contribution in [0, 0.1) is 0 Å². The second-order valence-corrected chi connectivity index (χ2v) is 4.19. The first-order valence-electron chi connectivity index (χ1n) is 6.03. The molecule has 2 aromatic rings. The normalized spacial score (nSPS) is 12.2. The van der Waals surface area contributed by atoms with Crippen LogP contribution in [-0.2, 0) is 0 Å². The van der Waals surface area contributed by atoms with E-state index >= 15 is 0 Å². The molecule has 0 aliphatic carbocycles. The van der Waals surface area contributed by atoms with E-state index in [4.69, 9.17) is 4.74 Å². The summed E-state index contributed by atoms with van der Waals surface area (Å²) in [6.07, 6.45) is 1.79. The highest BCUT2D eigenvalue weighted by atomic mass is 16.5. The number of methoxy groups -OCH3 is 1. The Morgan fingerprint density at radius 1 is 1.22 bits per heavy atom. The molecule has 0 bridgehead atoms. The van der Waals surface area contributed by atoms with Gasteiger partial charge in [-0.2, -0.15) is 0 Å². The number of hydrogen-bond donors (Lipinski definition) is 1. The van der Waals surface area contributed by atoms with Crippen molar-refractivity contribution in [2.24, 2.45) is 0 Å². The summed E-state index contributed by atoms with van der Waals surface area (Å²) in [7, 11) is 3.64. The van der Waals surface area contributed by atoms with E-state index in [0.29, 0.717) is 6.04 Å². The zero-order valence-electron chi connectivity index (χ0n) is 11.0. The molecule has 0 saturated carbocycles. The molecule has 0 amide bonds. The van der Waals surface area contributed by atoms with E-state index in [0.717, 1.165) is 17.0 Å². The summed E-state index contributed by atoms with van der Waals surface area (Å²) in [5.74, 6) is 0.848. The summed E-state index contributed by atoms with van der Waals surface area (Å²) < 4.78 is 5.41. The smallest absolute Gasteiger partial charge is 0.128 e. The molecule has 1 aromatic heterocycles. The molecular formula is C15H18N2O. The van der Waals surface area contributed by atoms with Crippen molar-refractivity contribution in [1.29, 1.82) is 0 Å². The standard InChI is InChI=1S/C15H18N2O/c1-11(16-2)12-7-8-15(18-3)13(10-12)14-6-4-5-9-17-14/h4-11,16H,1-3H3. The fourth-order valence-electron chi connectivity index (χ4n) is 1.88. The molecule has 18 heavy (non-hydrogen) atoms. The van der Waals surface area contributed by atoms with Crippen LogP contribution in [0.1, 0.15) is 18.5 Å². The Labute approximate surface area is 108 Å². The van der Waals surface area contributed by atoms with Crippen molar-refractivity contribution in [2.75, 3.05) is 14.2 Å². The molecule has 3 heteroatoms. The lowest BCUT2D eigenvalue weighted by molar-refractivity contribution is 0.416. The van der Waals surface area contributed by atoms with Crippen LogP contribution in [0.25, 0.3) is 11.3 Å². The monoisotopic (exact) mass is 242 g/mol. The zero-order chi connectivity index (χ0) is 13.0. The SMILES string of the molecule is CNC(C)c1ccc(OC)c(-c2ccccn2)c1. The van der Waals surface area contributed by atoms with Crippen LogP contribution < -0.4 is 10.1 Å². The highest BCUT2D eigenvalue weighted by Crippen LogP contribution is 2.31. The summed E-state index contributed by atoms with van der Waals surface area (Å²) in [6, 6.07) is 12.4. The van der Waals surface area contributed by atoms with Crippen molar-refractivity contribution in [2.45, 2.75) is 13.0 Å². The van der Waals surface area contributed by atoms with Gasteiger partial charge in [-0.1, -0.05) is 12.1 Å². The van der Waals surface area contributed by atoms with E-state index in [1.54, 1.807) is 13.3 Å². The molecule has 94 valence electrons. The van der Waals surface area contributed by atoms with Gasteiger partial charge in [0.05, 0.1) is 12.8 Å². The average Bonchev–Trinajstić information content (AvgIpc) is 2.46. The predicted octanol–water partition coefficient (Wildman–Crippen LogP) is 3.04. The topological polar surface area (TPSA) is 34.1 Å². The highest BCUT2D eigenvalue weighted by Gasteiger charge is 2.10. The number of benzene rings is 1. The summed E-state index contributed by atoms with van der Waals surface area (Å²) in [5, 5.41) is 3.24. The number of nitrogens with one attached hydrogen (secondary N) is 1. The van der Waals surface area contributed by atoms with Crippen LogP contribution in [0.2, 0.25) is 0 Å². The Bertz CT molecular complexity index is 511. The van der Waals surface area contributed by atoms with E-state index in [9.17, 15) is 0 Å². The number of nitrogens with zero attached hydrogens (tertiary/aromatic N) is 1. The lowest BCUT2D eigenvalue weighted by atomic mass is 10.0. The van der Waals surface area contributed by atoms with Gasteiger partial charge < -0.3 is 10.1 Å². The van der Waals surface area contributed by atoms with Crippen molar-refractivity contribution in [3.63, 3.8) is 0 Å². The summed E-state index contributed by atoms with van der Waals surface area (Å²) >= 11 is 0. The summed E-state index contributed by atoms with van der Waals surface area (Å²) in [5.41, 5.74) is 3.18. The second kappa shape index (κ2) is 5.65. The molecule has 3 nitrogen and oxygen atoms in total. The van der Waals surface area contributed by atoms with E-state index in [1.807, 2.05) is 31.3 Å². The first-order valence-corrected chi connectivity index (χ1v) is 6.03. The molecule has 0 spiro atoms. The van der Waals surface area contributed by atoms with Gasteiger partial charge in [0.1, 0.15) is 5.75 Å². The summed E-state index contributed by atoms with van der Waals surface area (Å²) in [6.45, 7) is 2.13. The number of rotatable bonds is 4. The number of aromatic nitrogens is 1. The summed E-state index contributed by atoms with van der Waals surface area (Å²) in [4.78, 5) is 4.38. The molecule has 1 aromatic carbocycles. The van der Waals surface area contributed by atoms with Gasteiger partial charge in [-0.25, -0.2) is 0 Å². The van der Waals surface area contributed by atoms with Gasteiger partial charge in [-0.05, 0) is 43.8 Å². The van der Waals surface area contributed by atoms with Gasteiger partial charge in [0.15, 0.2) is 0 Å². The lowest BCUT2D eigenvalue weighted by Gasteiger charge is -2.14. The van der Waals surface area contributed by atoms with Gasteiger partial charge in [-0.15, -0.1) is 0 Å². The molecule has 1 atom stereocenters.